The third kappa shape index (κ3) is 7.12. The zero-order chi connectivity index (χ0) is 43.7. The first-order valence-corrected chi connectivity index (χ1v) is 21.7. The van der Waals surface area contributed by atoms with Crippen LogP contribution in [0.3, 0.4) is 0 Å². The summed E-state index contributed by atoms with van der Waals surface area (Å²) < 4.78 is 25.8. The highest BCUT2D eigenvalue weighted by Crippen LogP contribution is 2.54. The molecule has 63 heavy (non-hydrogen) atoms. The number of carbonyl (C=O) groups excluding carboxylic acids is 4. The highest BCUT2D eigenvalue weighted by atomic mass is 19.1. The SMILES string of the molecule is COC(=O)N[C@H](C(=O)N1[C@@H]2C[C@@H]2C[C@H]1c1nc2ccc3cc(-c4ccc(-c5cnc([C@@H]6[C@H]7CC[C@H](C7)N6C(=O)[C@H](NC(=O)OC)c6ccccc6)[nH]5)c(F)c4)ccc3c2[nH]1)C(C)C. The van der Waals surface area contributed by atoms with Crippen molar-refractivity contribution < 1.29 is 33.0 Å². The van der Waals surface area contributed by atoms with E-state index in [1.807, 2.05) is 78.2 Å². The number of hydrogen-bond donors (Lipinski definition) is 4. The molecule has 4 aliphatic rings. The molecule has 14 nitrogen and oxygen atoms in total. The van der Waals surface area contributed by atoms with Crippen LogP contribution in [0.5, 0.6) is 0 Å². The quantitative estimate of drug-likeness (QED) is 0.107. The number of benzene rings is 4. The maximum Gasteiger partial charge on any atom is 0.407 e. The van der Waals surface area contributed by atoms with E-state index in [4.69, 9.17) is 19.4 Å². The van der Waals surface area contributed by atoms with E-state index in [2.05, 4.69) is 20.6 Å². The van der Waals surface area contributed by atoms with Crippen LogP contribution in [0, 0.1) is 23.6 Å². The molecule has 8 atom stereocenters. The molecule has 2 aliphatic carbocycles. The van der Waals surface area contributed by atoms with E-state index in [1.165, 1.54) is 20.3 Å². The molecule has 2 saturated heterocycles. The minimum atomic E-state index is -0.939. The van der Waals surface area contributed by atoms with Gasteiger partial charge in [0.05, 0.1) is 49.2 Å². The molecule has 324 valence electrons. The van der Waals surface area contributed by atoms with Gasteiger partial charge in [-0.1, -0.05) is 68.4 Å². The van der Waals surface area contributed by atoms with Crippen molar-refractivity contribution in [1.82, 2.24) is 40.4 Å². The molecule has 2 bridgehead atoms. The van der Waals surface area contributed by atoms with Gasteiger partial charge in [-0.25, -0.2) is 23.9 Å². The summed E-state index contributed by atoms with van der Waals surface area (Å²) in [5, 5.41) is 7.37. The molecule has 2 saturated carbocycles. The number of nitrogens with zero attached hydrogens (tertiary/aromatic N) is 4. The number of methoxy groups -OCH3 is 2. The summed E-state index contributed by atoms with van der Waals surface area (Å²) in [6.07, 6.45) is 4.66. The average molecular weight is 853 g/mol. The predicted molar refractivity (Wildman–Crippen MR) is 232 cm³/mol. The van der Waals surface area contributed by atoms with Gasteiger partial charge in [0, 0.05) is 23.0 Å². The number of aromatic amines is 2. The van der Waals surface area contributed by atoms with Crippen molar-refractivity contribution in [3.63, 3.8) is 0 Å². The number of amides is 4. The zero-order valence-electron chi connectivity index (χ0n) is 35.4. The van der Waals surface area contributed by atoms with Gasteiger partial charge in [0.2, 0.25) is 5.91 Å². The second-order valence-electron chi connectivity index (χ2n) is 17.7. The summed E-state index contributed by atoms with van der Waals surface area (Å²) in [6, 6.07) is 22.1. The number of H-pyrrole nitrogens is 2. The molecule has 0 radical (unpaired) electrons. The van der Waals surface area contributed by atoms with E-state index in [-0.39, 0.29) is 47.8 Å². The van der Waals surface area contributed by atoms with Gasteiger partial charge in [-0.15, -0.1) is 0 Å². The van der Waals surface area contributed by atoms with Crippen LogP contribution in [0.2, 0.25) is 0 Å². The number of rotatable bonds is 10. The Morgan fingerprint density at radius 1 is 0.794 bits per heavy atom. The Kier molecular flexibility index (Phi) is 10.1. The van der Waals surface area contributed by atoms with Crippen LogP contribution in [0.4, 0.5) is 14.0 Å². The molecular weight excluding hydrogens is 804 g/mol. The number of likely N-dealkylation sites (tertiary alicyclic amines) is 2. The highest BCUT2D eigenvalue weighted by Gasteiger charge is 2.56. The zero-order valence-corrected chi connectivity index (χ0v) is 35.4. The summed E-state index contributed by atoms with van der Waals surface area (Å²) in [7, 11) is 2.56. The molecule has 2 aromatic heterocycles. The number of halogens is 1. The number of fused-ring (bicyclic) bond motifs is 6. The number of alkyl carbamates (subject to hydrolysis) is 2. The van der Waals surface area contributed by atoms with E-state index < -0.39 is 30.1 Å². The van der Waals surface area contributed by atoms with Crippen molar-refractivity contribution >= 4 is 45.8 Å². The predicted octanol–water partition coefficient (Wildman–Crippen LogP) is 8.10. The molecule has 4 aromatic carbocycles. The lowest BCUT2D eigenvalue weighted by molar-refractivity contribution is -0.138. The summed E-state index contributed by atoms with van der Waals surface area (Å²) in [5.74, 6) is 0.959. The lowest BCUT2D eigenvalue weighted by atomic mass is 9.96. The number of aromatic nitrogens is 4. The highest BCUT2D eigenvalue weighted by molar-refractivity contribution is 6.05. The Morgan fingerprint density at radius 2 is 1.56 bits per heavy atom. The molecule has 0 unspecified atom stereocenters. The van der Waals surface area contributed by atoms with Crippen LogP contribution in [-0.4, -0.2) is 86.1 Å². The second kappa shape index (κ2) is 15.9. The van der Waals surface area contributed by atoms with Crippen LogP contribution in [0.15, 0.2) is 85.1 Å². The molecule has 4 amide bonds. The van der Waals surface area contributed by atoms with Gasteiger partial charge in [0.25, 0.3) is 5.91 Å². The number of imidazole rings is 2. The van der Waals surface area contributed by atoms with Crippen molar-refractivity contribution in [1.29, 1.82) is 0 Å². The fourth-order valence-electron chi connectivity index (χ4n) is 10.5. The molecule has 6 aromatic rings. The van der Waals surface area contributed by atoms with E-state index in [0.29, 0.717) is 40.0 Å². The first-order valence-electron chi connectivity index (χ1n) is 21.7. The summed E-state index contributed by atoms with van der Waals surface area (Å²) in [6.45, 7) is 3.81. The van der Waals surface area contributed by atoms with Crippen molar-refractivity contribution in [3.8, 4) is 22.4 Å². The Morgan fingerprint density at radius 3 is 2.32 bits per heavy atom. The van der Waals surface area contributed by atoms with E-state index in [9.17, 15) is 19.2 Å². The van der Waals surface area contributed by atoms with Crippen LogP contribution >= 0.6 is 0 Å². The number of ether oxygens (including phenoxy) is 2. The van der Waals surface area contributed by atoms with Gasteiger partial charge < -0.3 is 39.9 Å². The van der Waals surface area contributed by atoms with E-state index >= 15 is 4.39 Å². The second-order valence-corrected chi connectivity index (χ2v) is 17.7. The number of nitrogens with one attached hydrogen (secondary N) is 4. The molecular formula is C48H49FN8O6. The van der Waals surface area contributed by atoms with Gasteiger partial charge in [-0.2, -0.15) is 0 Å². The fourth-order valence-corrected chi connectivity index (χ4v) is 10.5. The minimum absolute atomic E-state index is 0.00392. The average Bonchev–Trinajstić information content (AvgIpc) is 3.91. The smallest absolute Gasteiger partial charge is 0.407 e. The molecule has 15 heteroatoms. The lowest BCUT2D eigenvalue weighted by Crippen LogP contribution is -2.52. The van der Waals surface area contributed by atoms with Crippen molar-refractivity contribution in [2.75, 3.05) is 14.2 Å². The monoisotopic (exact) mass is 852 g/mol. The van der Waals surface area contributed by atoms with Crippen LogP contribution in [0.1, 0.15) is 81.3 Å². The van der Waals surface area contributed by atoms with Gasteiger partial charge in [-0.05, 0) is 96.2 Å². The van der Waals surface area contributed by atoms with Crippen molar-refractivity contribution in [3.05, 3.63) is 108 Å². The molecule has 10 rings (SSSR count). The standard InChI is InChI=1S/C48H49FN8O6/c1-24(2)39(54-47(60)62-3)45(58)57-37-21-30(37)22-38(57)43-51-35-17-13-28-18-26(11-15-32(28)41(35)53-43)27-12-16-33(34(49)20-27)36-23-50-44(52-36)42-29-10-14-31(19-29)56(42)46(59)40(55-48(61)63-4)25-8-6-5-7-9-25/h5-9,11-13,15-18,20,23-24,29-31,37-40,42H,10,14,19,21-22H2,1-4H3,(H,50,52)(H,51,53)(H,54,60)(H,55,61)/t29-,30+,31+,37+,38-,39-,40+,42-/m0/s1. The lowest BCUT2D eigenvalue weighted by Gasteiger charge is -2.36. The third-order valence-corrected chi connectivity index (χ3v) is 13.7. The largest absolute Gasteiger partial charge is 0.453 e. The third-order valence-electron chi connectivity index (χ3n) is 13.7. The summed E-state index contributed by atoms with van der Waals surface area (Å²) >= 11 is 0. The Balaban J connectivity index is 0.888. The summed E-state index contributed by atoms with van der Waals surface area (Å²) in [5.41, 5.74) is 4.71. The van der Waals surface area contributed by atoms with Crippen molar-refractivity contribution in [2.45, 2.75) is 82.2 Å². The first kappa shape index (κ1) is 40.3. The van der Waals surface area contributed by atoms with Gasteiger partial charge in [-0.3, -0.25) is 9.59 Å². The summed E-state index contributed by atoms with van der Waals surface area (Å²) in [4.78, 5) is 73.2. The van der Waals surface area contributed by atoms with E-state index in [1.54, 1.807) is 24.4 Å². The van der Waals surface area contributed by atoms with Gasteiger partial charge in [0.1, 0.15) is 29.5 Å². The van der Waals surface area contributed by atoms with Gasteiger partial charge >= 0.3 is 12.2 Å². The first-order chi connectivity index (χ1) is 30.5. The fraction of sp³-hybridized carbons (Fsp3) is 0.375. The minimum Gasteiger partial charge on any atom is -0.453 e. The Labute approximate surface area is 362 Å². The molecule has 2 aliphatic heterocycles. The molecule has 4 N–H and O–H groups in total. The molecule has 0 spiro atoms. The Bertz CT molecular complexity index is 2770. The van der Waals surface area contributed by atoms with Crippen LogP contribution in [0.25, 0.3) is 44.2 Å². The topological polar surface area (TPSA) is 175 Å². The van der Waals surface area contributed by atoms with Gasteiger partial charge in [0.15, 0.2) is 0 Å². The number of hydrogen-bond acceptors (Lipinski definition) is 8. The number of carbonyl (C=O) groups is 4. The molecule has 4 fully saturated rings. The maximum absolute atomic E-state index is 16.1. The molecule has 4 heterocycles. The number of piperidine rings is 2. The Hall–Kier alpha value is -6.77. The normalized spacial score (nSPS) is 23.2. The van der Waals surface area contributed by atoms with Crippen LogP contribution in [-0.2, 0) is 19.1 Å². The maximum atomic E-state index is 16.1. The van der Waals surface area contributed by atoms with Crippen molar-refractivity contribution in [2.24, 2.45) is 17.8 Å². The van der Waals surface area contributed by atoms with Crippen LogP contribution < -0.4 is 10.6 Å². The van der Waals surface area contributed by atoms with E-state index in [0.717, 1.165) is 59.5 Å².